The van der Waals surface area contributed by atoms with Gasteiger partial charge in [0, 0.05) is 6.42 Å². The van der Waals surface area contributed by atoms with Gasteiger partial charge in [-0.25, -0.2) is 0 Å². The average Bonchev–Trinajstić information content (AvgIpc) is 2.19. The topological polar surface area (TPSA) is 0 Å². The molecular weight excluding hydrogens is 175 g/mol. The lowest BCUT2D eigenvalue weighted by atomic mass is 10.0. The van der Waals surface area contributed by atoms with E-state index in [1.165, 1.54) is 0 Å². The highest BCUT2D eigenvalue weighted by Crippen LogP contribution is 2.15. The van der Waals surface area contributed by atoms with Gasteiger partial charge in [0.1, 0.15) is 0 Å². The molecule has 0 aliphatic carbocycles. The van der Waals surface area contributed by atoms with Crippen molar-refractivity contribution in [3.05, 3.63) is 54.1 Å². The minimum Gasteiger partial charge on any atom is -0.251 e. The van der Waals surface area contributed by atoms with Crippen LogP contribution in [0.1, 0.15) is 18.1 Å². The predicted octanol–water partition coefficient (Wildman–Crippen LogP) is 3.79. The smallest absolute Gasteiger partial charge is 0.0934 e. The van der Waals surface area contributed by atoms with Crippen molar-refractivity contribution >= 4 is 5.57 Å². The van der Waals surface area contributed by atoms with Crippen molar-refractivity contribution in [3.63, 3.8) is 0 Å². The summed E-state index contributed by atoms with van der Waals surface area (Å²) in [6, 6.07) is 7.96. The van der Waals surface area contributed by atoms with Crippen LogP contribution in [0.3, 0.4) is 0 Å². The third-order valence-electron chi connectivity index (χ3n) is 2.13. The van der Waals surface area contributed by atoms with E-state index in [0.29, 0.717) is 6.42 Å². The van der Waals surface area contributed by atoms with Crippen molar-refractivity contribution in [1.29, 1.82) is 0 Å². The molecule has 0 heterocycles. The van der Waals surface area contributed by atoms with Crippen molar-refractivity contribution in [2.75, 3.05) is 6.67 Å². The molecule has 1 heteroatoms. The van der Waals surface area contributed by atoms with E-state index in [1.807, 2.05) is 37.3 Å². The van der Waals surface area contributed by atoms with Gasteiger partial charge in [0.15, 0.2) is 0 Å². The lowest BCUT2D eigenvalue weighted by molar-refractivity contribution is 0.495. The minimum atomic E-state index is -0.298. The molecule has 0 nitrogen and oxygen atoms in total. The number of hydrogen-bond donors (Lipinski definition) is 0. The molecule has 0 atom stereocenters. The maximum Gasteiger partial charge on any atom is 0.0934 e. The van der Waals surface area contributed by atoms with Crippen molar-refractivity contribution in [2.24, 2.45) is 0 Å². The Hall–Kier alpha value is -1.37. The van der Waals surface area contributed by atoms with E-state index in [9.17, 15) is 4.39 Å². The largest absolute Gasteiger partial charge is 0.251 e. The van der Waals surface area contributed by atoms with Crippen LogP contribution in [0.4, 0.5) is 4.39 Å². The summed E-state index contributed by atoms with van der Waals surface area (Å²) in [4.78, 5) is 0. The third-order valence-corrected chi connectivity index (χ3v) is 2.13. The molecule has 1 aromatic rings. The number of allylic oxidation sites excluding steroid dienone is 3. The third kappa shape index (κ3) is 2.84. The number of alkyl halides is 1. The van der Waals surface area contributed by atoms with Gasteiger partial charge in [-0.15, -0.1) is 0 Å². The zero-order valence-electron chi connectivity index (χ0n) is 8.46. The van der Waals surface area contributed by atoms with Gasteiger partial charge in [0.05, 0.1) is 6.67 Å². The Kier molecular flexibility index (Phi) is 4.11. The molecule has 0 radical (unpaired) electrons. The Balaban J connectivity index is 2.93. The van der Waals surface area contributed by atoms with Gasteiger partial charge in [-0.2, -0.15) is 0 Å². The number of aryl methyl sites for hydroxylation is 1. The van der Waals surface area contributed by atoms with E-state index in [-0.39, 0.29) is 6.67 Å². The van der Waals surface area contributed by atoms with Crippen LogP contribution in [0.15, 0.2) is 43.0 Å². The number of rotatable bonds is 4. The lowest BCUT2D eigenvalue weighted by Crippen LogP contribution is -1.88. The molecule has 0 aliphatic rings. The summed E-state index contributed by atoms with van der Waals surface area (Å²) >= 11 is 0. The molecule has 0 unspecified atom stereocenters. The maximum atomic E-state index is 12.1. The Morgan fingerprint density at radius 1 is 1.50 bits per heavy atom. The maximum absolute atomic E-state index is 12.1. The van der Waals surface area contributed by atoms with Crippen LogP contribution in [0.25, 0.3) is 5.57 Å². The second-order valence-electron chi connectivity index (χ2n) is 3.22. The molecule has 0 aliphatic heterocycles. The summed E-state index contributed by atoms with van der Waals surface area (Å²) in [7, 11) is 0. The molecule has 0 bridgehead atoms. The van der Waals surface area contributed by atoms with Crippen LogP contribution in [0.2, 0.25) is 0 Å². The van der Waals surface area contributed by atoms with Gasteiger partial charge in [-0.3, -0.25) is 4.39 Å². The fourth-order valence-electron chi connectivity index (χ4n) is 1.35. The lowest BCUT2D eigenvalue weighted by Gasteiger charge is -2.03. The Morgan fingerprint density at radius 2 is 2.29 bits per heavy atom. The molecule has 0 amide bonds. The van der Waals surface area contributed by atoms with Crippen LogP contribution in [0.5, 0.6) is 0 Å². The molecule has 14 heavy (non-hydrogen) atoms. The van der Waals surface area contributed by atoms with Gasteiger partial charge in [0.2, 0.25) is 0 Å². The Morgan fingerprint density at radius 3 is 2.93 bits per heavy atom. The Labute approximate surface area is 84.8 Å². The molecule has 0 N–H and O–H groups in total. The zero-order valence-corrected chi connectivity index (χ0v) is 8.46. The van der Waals surface area contributed by atoms with E-state index in [0.717, 1.165) is 16.7 Å². The van der Waals surface area contributed by atoms with Gasteiger partial charge in [-0.1, -0.05) is 43.0 Å². The van der Waals surface area contributed by atoms with Crippen molar-refractivity contribution in [2.45, 2.75) is 13.3 Å². The molecular formula is C13H15F. The quantitative estimate of drug-likeness (QED) is 0.634. The summed E-state index contributed by atoms with van der Waals surface area (Å²) in [6.45, 7) is 5.37. The molecule has 1 rings (SSSR count). The summed E-state index contributed by atoms with van der Waals surface area (Å²) < 4.78 is 12.1. The van der Waals surface area contributed by atoms with E-state index < -0.39 is 0 Å². The number of benzene rings is 1. The monoisotopic (exact) mass is 190 g/mol. The van der Waals surface area contributed by atoms with Gasteiger partial charge >= 0.3 is 0 Å². The highest BCUT2D eigenvalue weighted by atomic mass is 19.1. The summed E-state index contributed by atoms with van der Waals surface area (Å²) in [5, 5.41) is 0. The van der Waals surface area contributed by atoms with Crippen LogP contribution >= 0.6 is 0 Å². The first kappa shape index (κ1) is 10.7. The molecule has 0 saturated carbocycles. The van der Waals surface area contributed by atoms with E-state index >= 15 is 0 Å². The highest BCUT2D eigenvalue weighted by Gasteiger charge is 1.97. The van der Waals surface area contributed by atoms with Crippen molar-refractivity contribution in [3.8, 4) is 0 Å². The molecule has 0 aromatic heterocycles. The van der Waals surface area contributed by atoms with Crippen LogP contribution in [-0.4, -0.2) is 6.67 Å². The van der Waals surface area contributed by atoms with Gasteiger partial charge in [0.25, 0.3) is 0 Å². The van der Waals surface area contributed by atoms with E-state index in [4.69, 9.17) is 0 Å². The molecule has 74 valence electrons. The van der Waals surface area contributed by atoms with Gasteiger partial charge in [-0.05, 0) is 23.6 Å². The standard InChI is InChI=1S/C13H15F/c1-3-5-11(2)13-7-4-6-12(10-13)8-9-14/h3-7,10H,1,8-9H2,2H3/b11-5+. The van der Waals surface area contributed by atoms with Crippen LogP contribution < -0.4 is 0 Å². The molecule has 1 aromatic carbocycles. The Bertz CT molecular complexity index is 337. The second kappa shape index (κ2) is 5.38. The fourth-order valence-corrected chi connectivity index (χ4v) is 1.35. The number of halogens is 1. The molecule has 0 fully saturated rings. The highest BCUT2D eigenvalue weighted by molar-refractivity contribution is 5.65. The first-order valence-corrected chi connectivity index (χ1v) is 4.72. The average molecular weight is 190 g/mol. The molecule has 0 saturated heterocycles. The van der Waals surface area contributed by atoms with Crippen molar-refractivity contribution < 1.29 is 4.39 Å². The van der Waals surface area contributed by atoms with Gasteiger partial charge < -0.3 is 0 Å². The first-order chi connectivity index (χ1) is 6.77. The van der Waals surface area contributed by atoms with Crippen molar-refractivity contribution in [1.82, 2.24) is 0 Å². The zero-order chi connectivity index (χ0) is 10.4. The predicted molar refractivity (Wildman–Crippen MR) is 60.0 cm³/mol. The normalized spacial score (nSPS) is 11.4. The first-order valence-electron chi connectivity index (χ1n) is 4.72. The van der Waals surface area contributed by atoms with Crippen LogP contribution in [-0.2, 0) is 6.42 Å². The van der Waals surface area contributed by atoms with Crippen LogP contribution in [0, 0.1) is 0 Å². The minimum absolute atomic E-state index is 0.298. The molecule has 0 spiro atoms. The summed E-state index contributed by atoms with van der Waals surface area (Å²) in [5.74, 6) is 0. The summed E-state index contributed by atoms with van der Waals surface area (Å²) in [5.41, 5.74) is 3.33. The van der Waals surface area contributed by atoms with E-state index in [1.54, 1.807) is 6.08 Å². The fraction of sp³-hybridized carbons (Fsp3) is 0.231. The second-order valence-corrected chi connectivity index (χ2v) is 3.22. The SMILES string of the molecule is C=C/C=C(\C)c1cccc(CCF)c1. The number of hydrogen-bond acceptors (Lipinski definition) is 0. The van der Waals surface area contributed by atoms with E-state index in [2.05, 4.69) is 6.58 Å². The summed E-state index contributed by atoms with van der Waals surface area (Å²) in [6.07, 6.45) is 4.21.